The van der Waals surface area contributed by atoms with Crippen LogP contribution in [0, 0.1) is 29.1 Å². The Balaban J connectivity index is 1.43. The molecule has 162 valence electrons. The van der Waals surface area contributed by atoms with E-state index in [1.807, 2.05) is 30.3 Å². The molecule has 0 spiro atoms. The summed E-state index contributed by atoms with van der Waals surface area (Å²) in [5.41, 5.74) is 1.05. The summed E-state index contributed by atoms with van der Waals surface area (Å²) in [6, 6.07) is 13.0. The highest BCUT2D eigenvalue weighted by molar-refractivity contribution is 5.33. The average Bonchev–Trinajstić information content (AvgIpc) is 2.77. The van der Waals surface area contributed by atoms with Gasteiger partial charge in [-0.15, -0.1) is 0 Å². The van der Waals surface area contributed by atoms with Crippen LogP contribution in [0.15, 0.2) is 54.6 Å². The lowest BCUT2D eigenvalue weighted by Gasteiger charge is -2.30. The summed E-state index contributed by atoms with van der Waals surface area (Å²) >= 11 is 0. The van der Waals surface area contributed by atoms with Gasteiger partial charge in [0.2, 0.25) is 0 Å². The maximum atomic E-state index is 14.4. The standard InChI is InChI=1S/C23H17F5O3/c24-17-6-13(7-18(25)21(17)28)10-29-22-19(26)8-15(9-20(22)27)23-30-11-16(12-31-23)14-4-2-1-3-5-14/h1-9,16,23H,10-12H2. The molecule has 1 saturated heterocycles. The van der Waals surface area contributed by atoms with Gasteiger partial charge in [-0.05, 0) is 35.4 Å². The molecule has 31 heavy (non-hydrogen) atoms. The lowest BCUT2D eigenvalue weighted by atomic mass is 10.0. The van der Waals surface area contributed by atoms with Gasteiger partial charge in [0.1, 0.15) is 6.61 Å². The van der Waals surface area contributed by atoms with Crippen LogP contribution >= 0.6 is 0 Å². The lowest BCUT2D eigenvalue weighted by Crippen LogP contribution is -2.25. The third kappa shape index (κ3) is 4.70. The molecule has 3 aromatic carbocycles. The molecule has 0 saturated carbocycles. The van der Waals surface area contributed by atoms with E-state index in [4.69, 9.17) is 14.2 Å². The minimum absolute atomic E-state index is 0.00579. The van der Waals surface area contributed by atoms with Gasteiger partial charge in [-0.2, -0.15) is 0 Å². The number of halogens is 5. The molecule has 0 amide bonds. The number of ether oxygens (including phenoxy) is 3. The predicted octanol–water partition coefficient (Wildman–Crippen LogP) is 5.79. The zero-order valence-corrected chi connectivity index (χ0v) is 16.1. The van der Waals surface area contributed by atoms with Gasteiger partial charge in [0, 0.05) is 11.5 Å². The Morgan fingerprint density at radius 3 is 1.90 bits per heavy atom. The SMILES string of the molecule is Fc1cc(COc2c(F)cc(C3OCC(c4ccccc4)CO3)cc2F)cc(F)c1F. The van der Waals surface area contributed by atoms with Crippen molar-refractivity contribution in [2.75, 3.05) is 13.2 Å². The summed E-state index contributed by atoms with van der Waals surface area (Å²) in [6.45, 7) is 0.0756. The molecule has 1 fully saturated rings. The van der Waals surface area contributed by atoms with Crippen LogP contribution in [0.25, 0.3) is 0 Å². The average molecular weight is 436 g/mol. The third-order valence-electron chi connectivity index (χ3n) is 4.89. The Hall–Kier alpha value is -2.97. The minimum Gasteiger partial charge on any atom is -0.483 e. The number of hydrogen-bond donors (Lipinski definition) is 0. The monoisotopic (exact) mass is 436 g/mol. The molecule has 8 heteroatoms. The lowest BCUT2D eigenvalue weighted by molar-refractivity contribution is -0.192. The van der Waals surface area contributed by atoms with Crippen LogP contribution in [-0.2, 0) is 16.1 Å². The smallest absolute Gasteiger partial charge is 0.194 e. The molecule has 0 radical (unpaired) electrons. The first-order valence-electron chi connectivity index (χ1n) is 9.45. The van der Waals surface area contributed by atoms with Crippen molar-refractivity contribution in [3.8, 4) is 5.75 Å². The third-order valence-corrected chi connectivity index (χ3v) is 4.89. The molecule has 0 bridgehead atoms. The number of rotatable bonds is 5. The fraction of sp³-hybridized carbons (Fsp3) is 0.217. The molecule has 0 aromatic heterocycles. The highest BCUT2D eigenvalue weighted by atomic mass is 19.2. The first kappa shape index (κ1) is 21.3. The van der Waals surface area contributed by atoms with Crippen molar-refractivity contribution in [3.05, 3.63) is 100 Å². The van der Waals surface area contributed by atoms with Gasteiger partial charge in [-0.25, -0.2) is 22.0 Å². The molecule has 1 aliphatic heterocycles. The summed E-state index contributed by atoms with van der Waals surface area (Å²) in [4.78, 5) is 0. The maximum Gasteiger partial charge on any atom is 0.194 e. The highest BCUT2D eigenvalue weighted by Gasteiger charge is 2.27. The molecule has 4 rings (SSSR count). The second-order valence-corrected chi connectivity index (χ2v) is 7.08. The normalized spacial score (nSPS) is 18.7. The molecule has 0 atom stereocenters. The van der Waals surface area contributed by atoms with E-state index in [9.17, 15) is 22.0 Å². The molecule has 3 aromatic rings. The Kier molecular flexibility index (Phi) is 6.20. The topological polar surface area (TPSA) is 27.7 Å². The fourth-order valence-corrected chi connectivity index (χ4v) is 3.31. The quantitative estimate of drug-likeness (QED) is 0.374. The summed E-state index contributed by atoms with van der Waals surface area (Å²) in [5, 5.41) is 0. The van der Waals surface area contributed by atoms with Crippen LogP contribution in [0.4, 0.5) is 22.0 Å². The van der Waals surface area contributed by atoms with Crippen molar-refractivity contribution in [3.63, 3.8) is 0 Å². The Labute approximate surface area is 175 Å². The first-order valence-corrected chi connectivity index (χ1v) is 9.45. The fourth-order valence-electron chi connectivity index (χ4n) is 3.31. The number of benzene rings is 3. The van der Waals surface area contributed by atoms with E-state index in [1.54, 1.807) is 0 Å². The summed E-state index contributed by atoms with van der Waals surface area (Å²) < 4.78 is 84.8. The zero-order valence-electron chi connectivity index (χ0n) is 16.1. The van der Waals surface area contributed by atoms with Crippen molar-refractivity contribution in [2.24, 2.45) is 0 Å². The van der Waals surface area contributed by atoms with Gasteiger partial charge in [-0.3, -0.25) is 0 Å². The van der Waals surface area contributed by atoms with E-state index in [-0.39, 0.29) is 17.0 Å². The molecule has 1 heterocycles. The second-order valence-electron chi connectivity index (χ2n) is 7.08. The van der Waals surface area contributed by atoms with Crippen LogP contribution in [-0.4, -0.2) is 13.2 Å². The van der Waals surface area contributed by atoms with Gasteiger partial charge < -0.3 is 14.2 Å². The van der Waals surface area contributed by atoms with Crippen LogP contribution in [0.1, 0.15) is 28.9 Å². The van der Waals surface area contributed by atoms with Gasteiger partial charge in [0.25, 0.3) is 0 Å². The molecular weight excluding hydrogens is 419 g/mol. The number of hydrogen-bond acceptors (Lipinski definition) is 3. The van der Waals surface area contributed by atoms with Gasteiger partial charge in [-0.1, -0.05) is 30.3 Å². The van der Waals surface area contributed by atoms with Crippen LogP contribution in [0.2, 0.25) is 0 Å². The van der Waals surface area contributed by atoms with Crippen molar-refractivity contribution in [1.29, 1.82) is 0 Å². The van der Waals surface area contributed by atoms with Crippen molar-refractivity contribution < 1.29 is 36.2 Å². The summed E-state index contributed by atoms with van der Waals surface area (Å²) in [7, 11) is 0. The zero-order chi connectivity index (χ0) is 22.0. The Bertz CT molecular complexity index is 1020. The van der Waals surface area contributed by atoms with Crippen LogP contribution in [0.3, 0.4) is 0 Å². The molecule has 0 unspecified atom stereocenters. The van der Waals surface area contributed by atoms with E-state index in [0.717, 1.165) is 17.7 Å². The summed E-state index contributed by atoms with van der Waals surface area (Å²) in [6.07, 6.45) is -0.946. The van der Waals surface area contributed by atoms with E-state index in [0.29, 0.717) is 25.3 Å². The van der Waals surface area contributed by atoms with Gasteiger partial charge in [0.05, 0.1) is 13.2 Å². The van der Waals surface area contributed by atoms with Crippen LogP contribution in [0.5, 0.6) is 5.75 Å². The predicted molar refractivity (Wildman–Crippen MR) is 101 cm³/mol. The molecule has 3 nitrogen and oxygen atoms in total. The first-order chi connectivity index (χ1) is 14.9. The largest absolute Gasteiger partial charge is 0.483 e. The van der Waals surface area contributed by atoms with E-state index < -0.39 is 47.7 Å². The van der Waals surface area contributed by atoms with Crippen molar-refractivity contribution in [2.45, 2.75) is 18.8 Å². The van der Waals surface area contributed by atoms with Crippen LogP contribution < -0.4 is 4.74 Å². The molecule has 0 N–H and O–H groups in total. The van der Waals surface area contributed by atoms with Gasteiger partial charge in [0.15, 0.2) is 41.1 Å². The van der Waals surface area contributed by atoms with Crippen molar-refractivity contribution >= 4 is 0 Å². The molecule has 0 aliphatic carbocycles. The molecule has 1 aliphatic rings. The van der Waals surface area contributed by atoms with E-state index in [2.05, 4.69) is 0 Å². The minimum atomic E-state index is -1.63. The second kappa shape index (κ2) is 9.03. The maximum absolute atomic E-state index is 14.4. The molecular formula is C23H17F5O3. The Morgan fingerprint density at radius 1 is 0.742 bits per heavy atom. The van der Waals surface area contributed by atoms with E-state index in [1.165, 1.54) is 0 Å². The highest BCUT2D eigenvalue weighted by Crippen LogP contribution is 2.33. The van der Waals surface area contributed by atoms with Gasteiger partial charge >= 0.3 is 0 Å². The summed E-state index contributed by atoms with van der Waals surface area (Å²) in [5.74, 6) is -7.26. The van der Waals surface area contributed by atoms with E-state index >= 15 is 0 Å². The van der Waals surface area contributed by atoms with Crippen molar-refractivity contribution in [1.82, 2.24) is 0 Å². The Morgan fingerprint density at radius 2 is 1.32 bits per heavy atom.